The monoisotopic (exact) mass is 414 g/mol. The lowest BCUT2D eigenvalue weighted by molar-refractivity contribution is 0.434. The maximum atomic E-state index is 6.23. The molecule has 0 aliphatic rings. The van der Waals surface area contributed by atoms with Crippen LogP contribution in [0.3, 0.4) is 0 Å². The van der Waals surface area contributed by atoms with Crippen LogP contribution in [0, 0.1) is 0 Å². The van der Waals surface area contributed by atoms with E-state index in [-0.39, 0.29) is 0 Å². The summed E-state index contributed by atoms with van der Waals surface area (Å²) in [5.41, 5.74) is 5.95. The van der Waals surface area contributed by atoms with E-state index in [1.807, 2.05) is 35.7 Å². The summed E-state index contributed by atoms with van der Waals surface area (Å²) < 4.78 is 5.41. The lowest BCUT2D eigenvalue weighted by Crippen LogP contribution is -1.89. The Bertz CT molecular complexity index is 1090. The van der Waals surface area contributed by atoms with Crippen LogP contribution in [0.25, 0.3) is 22.7 Å². The zero-order valence-corrected chi connectivity index (χ0v) is 16.1. The summed E-state index contributed by atoms with van der Waals surface area (Å²) in [7, 11) is 0. The fourth-order valence-corrected chi connectivity index (χ4v) is 3.51. The van der Waals surface area contributed by atoms with Crippen LogP contribution < -0.4 is 5.43 Å². The van der Waals surface area contributed by atoms with E-state index < -0.39 is 0 Å². The third kappa shape index (κ3) is 4.19. The zero-order chi connectivity index (χ0) is 18.6. The molecule has 0 unspecified atom stereocenters. The van der Waals surface area contributed by atoms with Gasteiger partial charge >= 0.3 is 0 Å². The van der Waals surface area contributed by atoms with Gasteiger partial charge in [0.1, 0.15) is 11.4 Å². The van der Waals surface area contributed by atoms with Gasteiger partial charge in [0.05, 0.1) is 11.2 Å². The topological polar surface area (TPSA) is 63.3 Å². The third-order valence-corrected chi connectivity index (χ3v) is 4.94. The molecule has 0 bridgehead atoms. The highest BCUT2D eigenvalue weighted by atomic mass is 35.5. The largest absolute Gasteiger partial charge is 0.354 e. The molecule has 4 rings (SSSR count). The van der Waals surface area contributed by atoms with E-state index >= 15 is 0 Å². The molecule has 2 aromatic carbocycles. The molecule has 5 nitrogen and oxygen atoms in total. The number of halogens is 2. The Balaban J connectivity index is 1.49. The number of benzene rings is 2. The molecule has 0 atom stereocenters. The zero-order valence-electron chi connectivity index (χ0n) is 13.8. The van der Waals surface area contributed by atoms with Gasteiger partial charge in [-0.25, -0.2) is 4.98 Å². The van der Waals surface area contributed by atoms with E-state index in [1.54, 1.807) is 30.5 Å². The van der Waals surface area contributed by atoms with Crippen molar-refractivity contribution in [3.8, 4) is 22.7 Å². The van der Waals surface area contributed by atoms with Gasteiger partial charge in [-0.15, -0.1) is 11.3 Å². The van der Waals surface area contributed by atoms with Crippen LogP contribution in [0.1, 0.15) is 5.56 Å². The van der Waals surface area contributed by atoms with Crippen LogP contribution in [0.2, 0.25) is 10.0 Å². The molecule has 0 fully saturated rings. The van der Waals surface area contributed by atoms with E-state index in [1.165, 1.54) is 11.3 Å². The van der Waals surface area contributed by atoms with Gasteiger partial charge in [0, 0.05) is 22.0 Å². The number of hydrogen-bond donors (Lipinski definition) is 1. The molecule has 0 saturated heterocycles. The van der Waals surface area contributed by atoms with Crippen LogP contribution in [0.4, 0.5) is 5.13 Å². The van der Waals surface area contributed by atoms with Crippen LogP contribution in [0.15, 0.2) is 69.6 Å². The first-order valence-electron chi connectivity index (χ1n) is 7.91. The first-order valence-corrected chi connectivity index (χ1v) is 9.55. The van der Waals surface area contributed by atoms with Gasteiger partial charge in [-0.1, -0.05) is 58.7 Å². The van der Waals surface area contributed by atoms with Crippen molar-refractivity contribution in [3.05, 3.63) is 75.6 Å². The maximum absolute atomic E-state index is 6.23. The molecule has 2 heterocycles. The summed E-state index contributed by atoms with van der Waals surface area (Å²) in [4.78, 5) is 4.46. The van der Waals surface area contributed by atoms with Gasteiger partial charge in [0.15, 0.2) is 5.76 Å². The van der Waals surface area contributed by atoms with E-state index in [0.717, 1.165) is 11.1 Å². The number of hydrazone groups is 1. The van der Waals surface area contributed by atoms with Gasteiger partial charge < -0.3 is 4.52 Å². The molecule has 0 saturated carbocycles. The second-order valence-corrected chi connectivity index (χ2v) is 7.22. The van der Waals surface area contributed by atoms with Gasteiger partial charge in [-0.05, 0) is 23.8 Å². The summed E-state index contributed by atoms with van der Waals surface area (Å²) >= 11 is 13.6. The summed E-state index contributed by atoms with van der Waals surface area (Å²) in [6.45, 7) is 0. The highest BCUT2D eigenvalue weighted by molar-refractivity contribution is 7.14. The predicted octanol–water partition coefficient (Wildman–Crippen LogP) is 6.22. The Morgan fingerprint density at radius 3 is 2.70 bits per heavy atom. The summed E-state index contributed by atoms with van der Waals surface area (Å²) in [6, 6.07) is 16.8. The molecule has 2 aromatic heterocycles. The molecule has 0 amide bonds. The molecule has 8 heteroatoms. The molecular formula is C19H12Cl2N4OS. The molecule has 0 aliphatic carbocycles. The molecule has 0 radical (unpaired) electrons. The van der Waals surface area contributed by atoms with Gasteiger partial charge in [0.25, 0.3) is 0 Å². The minimum absolute atomic E-state index is 0.512. The SMILES string of the molecule is Clc1ccc(-c2cc(-c3csc(NN=Cc4ccccc4)n3)on2)c(Cl)c1. The van der Waals surface area contributed by atoms with Crippen molar-refractivity contribution < 1.29 is 4.52 Å². The Hall–Kier alpha value is -2.67. The Morgan fingerprint density at radius 2 is 1.89 bits per heavy atom. The van der Waals surface area contributed by atoms with Crippen molar-refractivity contribution in [1.82, 2.24) is 10.1 Å². The summed E-state index contributed by atoms with van der Waals surface area (Å²) in [5.74, 6) is 0.548. The number of hydrogen-bond acceptors (Lipinski definition) is 6. The predicted molar refractivity (Wildman–Crippen MR) is 111 cm³/mol. The minimum atomic E-state index is 0.512. The average Bonchev–Trinajstić information content (AvgIpc) is 3.32. The molecule has 27 heavy (non-hydrogen) atoms. The Labute approximate surface area is 169 Å². The third-order valence-electron chi connectivity index (χ3n) is 3.65. The molecule has 1 N–H and O–H groups in total. The minimum Gasteiger partial charge on any atom is -0.354 e. The van der Waals surface area contributed by atoms with Crippen LogP contribution in [-0.4, -0.2) is 16.4 Å². The smallest absolute Gasteiger partial charge is 0.203 e. The van der Waals surface area contributed by atoms with Crippen LogP contribution >= 0.6 is 34.5 Å². The van der Waals surface area contributed by atoms with Crippen molar-refractivity contribution >= 4 is 45.9 Å². The average molecular weight is 415 g/mol. The van der Waals surface area contributed by atoms with Gasteiger partial charge in [0.2, 0.25) is 5.13 Å². The lowest BCUT2D eigenvalue weighted by atomic mass is 10.1. The quantitative estimate of drug-likeness (QED) is 0.311. The van der Waals surface area contributed by atoms with E-state index in [9.17, 15) is 0 Å². The summed E-state index contributed by atoms with van der Waals surface area (Å²) in [5, 5.41) is 11.9. The normalized spacial score (nSPS) is 11.2. The lowest BCUT2D eigenvalue weighted by Gasteiger charge is -1.99. The maximum Gasteiger partial charge on any atom is 0.203 e. The number of anilines is 1. The van der Waals surface area contributed by atoms with Crippen LogP contribution in [0.5, 0.6) is 0 Å². The number of nitrogens with one attached hydrogen (secondary N) is 1. The fraction of sp³-hybridized carbons (Fsp3) is 0. The summed E-state index contributed by atoms with van der Waals surface area (Å²) in [6.07, 6.45) is 1.73. The Morgan fingerprint density at radius 1 is 1.04 bits per heavy atom. The van der Waals surface area contributed by atoms with E-state index in [4.69, 9.17) is 27.7 Å². The molecule has 0 aliphatic heterocycles. The second-order valence-electron chi connectivity index (χ2n) is 5.52. The molecule has 0 spiro atoms. The van der Waals surface area contributed by atoms with Gasteiger partial charge in [-0.3, -0.25) is 5.43 Å². The standard InChI is InChI=1S/C19H12Cl2N4OS/c20-13-6-7-14(15(21)8-13)16-9-18(26-25-16)17-11-27-19(23-17)24-22-10-12-4-2-1-3-5-12/h1-11H,(H,23,24). The van der Waals surface area contributed by atoms with Crippen LogP contribution in [-0.2, 0) is 0 Å². The van der Waals surface area contributed by atoms with Crippen molar-refractivity contribution in [3.63, 3.8) is 0 Å². The first-order chi connectivity index (χ1) is 13.2. The number of thiazole rings is 1. The molecule has 4 aromatic rings. The van der Waals surface area contributed by atoms with E-state index in [2.05, 4.69) is 20.7 Å². The number of rotatable bonds is 5. The Kier molecular flexibility index (Phi) is 5.20. The highest BCUT2D eigenvalue weighted by Crippen LogP contribution is 2.33. The van der Waals surface area contributed by atoms with E-state index in [0.29, 0.717) is 32.3 Å². The second kappa shape index (κ2) is 7.92. The van der Waals surface area contributed by atoms with Gasteiger partial charge in [-0.2, -0.15) is 5.10 Å². The van der Waals surface area contributed by atoms with Crippen molar-refractivity contribution in [2.45, 2.75) is 0 Å². The fourth-order valence-electron chi connectivity index (χ4n) is 2.36. The van der Waals surface area contributed by atoms with Crippen molar-refractivity contribution in [1.29, 1.82) is 0 Å². The molecule has 134 valence electrons. The number of nitrogens with zero attached hydrogens (tertiary/aromatic N) is 3. The molecular weight excluding hydrogens is 403 g/mol. The van der Waals surface area contributed by atoms with Crippen molar-refractivity contribution in [2.24, 2.45) is 5.10 Å². The highest BCUT2D eigenvalue weighted by Gasteiger charge is 2.14. The first kappa shape index (κ1) is 17.7. The number of aromatic nitrogens is 2. The van der Waals surface area contributed by atoms with Crippen molar-refractivity contribution in [2.75, 3.05) is 5.43 Å².